The van der Waals surface area contributed by atoms with E-state index in [1.54, 1.807) is 0 Å². The number of hydrogen-bond acceptors (Lipinski definition) is 1. The van der Waals surface area contributed by atoms with Gasteiger partial charge >= 0.3 is 0 Å². The second-order valence-corrected chi connectivity index (χ2v) is 3.49. The molecule has 15 heavy (non-hydrogen) atoms. The van der Waals surface area contributed by atoms with E-state index in [1.165, 1.54) is 17.6 Å². The summed E-state index contributed by atoms with van der Waals surface area (Å²) >= 11 is 0. The smallest absolute Gasteiger partial charge is 0.0273 e. The molecule has 0 unspecified atom stereocenters. The molecule has 80 valence electrons. The minimum atomic E-state index is 1.08. The van der Waals surface area contributed by atoms with Crippen molar-refractivity contribution in [3.63, 3.8) is 0 Å². The van der Waals surface area contributed by atoms with Crippen LogP contribution >= 0.6 is 0 Å². The highest BCUT2D eigenvalue weighted by atomic mass is 14.6. The molecular weight excluding hydrogens is 182 g/mol. The van der Waals surface area contributed by atoms with Crippen LogP contribution in [-0.2, 0) is 0 Å². The van der Waals surface area contributed by atoms with Gasteiger partial charge in [-0.2, -0.15) is 0 Å². The van der Waals surface area contributed by atoms with Crippen molar-refractivity contribution in [1.29, 1.82) is 0 Å². The summed E-state index contributed by atoms with van der Waals surface area (Å²) in [5.41, 5.74) is 2.56. The predicted molar refractivity (Wildman–Crippen MR) is 66.6 cm³/mol. The molecule has 0 amide bonds. The van der Waals surface area contributed by atoms with Gasteiger partial charge in [0.1, 0.15) is 0 Å². The van der Waals surface area contributed by atoms with Crippen LogP contribution in [0.15, 0.2) is 42.8 Å². The Morgan fingerprint density at radius 1 is 1.27 bits per heavy atom. The van der Waals surface area contributed by atoms with Gasteiger partial charge in [-0.3, -0.25) is 4.98 Å². The standard InChI is InChI=1S/C14H19N/c1-3-5-7-13(8-6-4-2)14-9-11-15-12-10-14/h5,7-12H,3-4,6H2,1-2H3/b7-5+,13-8-. The van der Waals surface area contributed by atoms with Gasteiger partial charge < -0.3 is 0 Å². The first-order chi connectivity index (χ1) is 7.38. The molecule has 0 saturated carbocycles. The predicted octanol–water partition coefficient (Wildman–Crippen LogP) is 4.23. The van der Waals surface area contributed by atoms with Crippen LogP contribution in [0.4, 0.5) is 0 Å². The highest BCUT2D eigenvalue weighted by Crippen LogP contribution is 2.16. The molecule has 0 saturated heterocycles. The van der Waals surface area contributed by atoms with E-state index in [0.717, 1.165) is 12.8 Å². The second kappa shape index (κ2) is 6.99. The maximum atomic E-state index is 4.04. The Hall–Kier alpha value is -1.37. The van der Waals surface area contributed by atoms with E-state index < -0.39 is 0 Å². The quantitative estimate of drug-likeness (QED) is 0.649. The first kappa shape index (κ1) is 11.7. The number of nitrogens with zero attached hydrogens (tertiary/aromatic N) is 1. The molecule has 1 nitrogen and oxygen atoms in total. The fourth-order valence-corrected chi connectivity index (χ4v) is 1.37. The van der Waals surface area contributed by atoms with E-state index in [2.05, 4.69) is 49.2 Å². The normalized spacial score (nSPS) is 12.3. The molecule has 0 radical (unpaired) electrons. The maximum absolute atomic E-state index is 4.04. The Labute approximate surface area is 92.6 Å². The Balaban J connectivity index is 2.86. The number of pyridine rings is 1. The maximum Gasteiger partial charge on any atom is 0.0273 e. The van der Waals surface area contributed by atoms with Crippen molar-refractivity contribution in [2.45, 2.75) is 33.1 Å². The fraction of sp³-hybridized carbons (Fsp3) is 0.357. The third-order valence-electron chi connectivity index (χ3n) is 2.20. The molecule has 1 aromatic rings. The summed E-state index contributed by atoms with van der Waals surface area (Å²) < 4.78 is 0. The molecule has 1 aromatic heterocycles. The monoisotopic (exact) mass is 201 g/mol. The largest absolute Gasteiger partial charge is 0.265 e. The number of hydrogen-bond donors (Lipinski definition) is 0. The van der Waals surface area contributed by atoms with Gasteiger partial charge in [0.05, 0.1) is 0 Å². The Morgan fingerprint density at radius 3 is 2.60 bits per heavy atom. The Morgan fingerprint density at radius 2 is 2.00 bits per heavy atom. The number of rotatable bonds is 5. The molecule has 1 heteroatoms. The molecule has 0 spiro atoms. The van der Waals surface area contributed by atoms with Gasteiger partial charge in [0.2, 0.25) is 0 Å². The Bertz CT molecular complexity index is 322. The zero-order valence-electron chi connectivity index (χ0n) is 9.61. The average molecular weight is 201 g/mol. The molecule has 1 rings (SSSR count). The van der Waals surface area contributed by atoms with Gasteiger partial charge in [-0.25, -0.2) is 0 Å². The van der Waals surface area contributed by atoms with Crippen molar-refractivity contribution in [1.82, 2.24) is 4.98 Å². The summed E-state index contributed by atoms with van der Waals surface area (Å²) in [5, 5.41) is 0. The zero-order chi connectivity index (χ0) is 10.9. The molecule has 0 aliphatic heterocycles. The topological polar surface area (TPSA) is 12.9 Å². The van der Waals surface area contributed by atoms with Gasteiger partial charge in [0.15, 0.2) is 0 Å². The number of unbranched alkanes of at least 4 members (excludes halogenated alkanes) is 1. The van der Waals surface area contributed by atoms with Crippen molar-refractivity contribution in [2.24, 2.45) is 0 Å². The lowest BCUT2D eigenvalue weighted by molar-refractivity contribution is 0.960. The second-order valence-electron chi connectivity index (χ2n) is 3.49. The van der Waals surface area contributed by atoms with Gasteiger partial charge in [0, 0.05) is 12.4 Å². The van der Waals surface area contributed by atoms with Crippen LogP contribution in [0.5, 0.6) is 0 Å². The molecule has 0 aliphatic rings. The van der Waals surface area contributed by atoms with Gasteiger partial charge in [-0.1, -0.05) is 38.5 Å². The van der Waals surface area contributed by atoms with E-state index in [0.29, 0.717) is 0 Å². The molecule has 0 aliphatic carbocycles. The van der Waals surface area contributed by atoms with Crippen molar-refractivity contribution < 1.29 is 0 Å². The van der Waals surface area contributed by atoms with Crippen LogP contribution in [0.1, 0.15) is 38.7 Å². The van der Waals surface area contributed by atoms with E-state index in [1.807, 2.05) is 12.4 Å². The highest BCUT2D eigenvalue weighted by molar-refractivity contribution is 5.73. The number of allylic oxidation sites excluding steroid dienone is 4. The summed E-state index contributed by atoms with van der Waals surface area (Å²) in [4.78, 5) is 4.04. The summed E-state index contributed by atoms with van der Waals surface area (Å²) in [6.45, 7) is 4.35. The van der Waals surface area contributed by atoms with Crippen molar-refractivity contribution in [2.75, 3.05) is 0 Å². The van der Waals surface area contributed by atoms with Crippen molar-refractivity contribution in [3.8, 4) is 0 Å². The number of aromatic nitrogens is 1. The zero-order valence-corrected chi connectivity index (χ0v) is 9.61. The van der Waals surface area contributed by atoms with Crippen molar-refractivity contribution in [3.05, 3.63) is 48.3 Å². The van der Waals surface area contributed by atoms with E-state index in [4.69, 9.17) is 0 Å². The molecule has 0 bridgehead atoms. The SMILES string of the molecule is CC/C=C/C(=C/CCC)c1ccncc1. The third-order valence-corrected chi connectivity index (χ3v) is 2.20. The summed E-state index contributed by atoms with van der Waals surface area (Å²) in [6.07, 6.45) is 13.8. The van der Waals surface area contributed by atoms with Crippen LogP contribution < -0.4 is 0 Å². The summed E-state index contributed by atoms with van der Waals surface area (Å²) in [6, 6.07) is 4.11. The van der Waals surface area contributed by atoms with Crippen molar-refractivity contribution >= 4 is 5.57 Å². The lowest BCUT2D eigenvalue weighted by atomic mass is 10.0. The highest BCUT2D eigenvalue weighted by Gasteiger charge is 1.95. The lowest BCUT2D eigenvalue weighted by Gasteiger charge is -2.01. The molecule has 0 aromatic carbocycles. The van der Waals surface area contributed by atoms with E-state index in [9.17, 15) is 0 Å². The van der Waals surface area contributed by atoms with Crippen LogP contribution in [0.3, 0.4) is 0 Å². The minimum absolute atomic E-state index is 1.08. The summed E-state index contributed by atoms with van der Waals surface area (Å²) in [7, 11) is 0. The third kappa shape index (κ3) is 4.11. The van der Waals surface area contributed by atoms with Crippen LogP contribution in [0.2, 0.25) is 0 Å². The average Bonchev–Trinajstić information content (AvgIpc) is 2.30. The van der Waals surface area contributed by atoms with E-state index in [-0.39, 0.29) is 0 Å². The molecule has 0 atom stereocenters. The van der Waals surface area contributed by atoms with Crippen LogP contribution in [0, 0.1) is 0 Å². The molecule has 1 heterocycles. The van der Waals surface area contributed by atoms with Crippen LogP contribution in [-0.4, -0.2) is 4.98 Å². The molecule has 0 fully saturated rings. The Kier molecular flexibility index (Phi) is 5.46. The van der Waals surface area contributed by atoms with Gasteiger partial charge in [-0.15, -0.1) is 0 Å². The first-order valence-corrected chi connectivity index (χ1v) is 5.65. The summed E-state index contributed by atoms with van der Waals surface area (Å²) in [5.74, 6) is 0. The molecular formula is C14H19N. The van der Waals surface area contributed by atoms with Crippen LogP contribution in [0.25, 0.3) is 5.57 Å². The molecule has 0 N–H and O–H groups in total. The lowest BCUT2D eigenvalue weighted by Crippen LogP contribution is -1.82. The first-order valence-electron chi connectivity index (χ1n) is 5.65. The van der Waals surface area contributed by atoms with Gasteiger partial charge in [0.25, 0.3) is 0 Å². The van der Waals surface area contributed by atoms with E-state index >= 15 is 0 Å². The fourth-order valence-electron chi connectivity index (χ4n) is 1.37. The minimum Gasteiger partial charge on any atom is -0.265 e. The van der Waals surface area contributed by atoms with Gasteiger partial charge in [-0.05, 0) is 36.1 Å².